The normalized spacial score (nSPS) is 11.8. The highest BCUT2D eigenvalue weighted by atomic mass is 16.5. The highest BCUT2D eigenvalue weighted by Gasteiger charge is 2.26. The van der Waals surface area contributed by atoms with Gasteiger partial charge in [-0.3, -0.25) is 0 Å². The van der Waals surface area contributed by atoms with Gasteiger partial charge in [0.25, 0.3) is 0 Å². The maximum absolute atomic E-state index is 11.0. The Hall–Kier alpha value is -1.36. The molecule has 0 atom stereocenters. The first-order chi connectivity index (χ1) is 7.37. The average molecular weight is 227 g/mol. The number of rotatable bonds is 5. The molecule has 90 valence electrons. The van der Waals surface area contributed by atoms with E-state index in [0.717, 1.165) is 0 Å². The zero-order chi connectivity index (χ0) is 12.3. The number of carboxylic acid groups (broad SMARTS) is 1. The van der Waals surface area contributed by atoms with Crippen LogP contribution in [0.25, 0.3) is 0 Å². The van der Waals surface area contributed by atoms with E-state index < -0.39 is 5.97 Å². The molecule has 1 aromatic heterocycles. The Morgan fingerprint density at radius 2 is 2.19 bits per heavy atom. The third-order valence-corrected chi connectivity index (χ3v) is 2.33. The van der Waals surface area contributed by atoms with Gasteiger partial charge in [-0.15, -0.1) is 0 Å². The summed E-state index contributed by atoms with van der Waals surface area (Å²) in [5.74, 6) is -0.655. The van der Waals surface area contributed by atoms with Gasteiger partial charge in [0.2, 0.25) is 0 Å². The Morgan fingerprint density at radius 3 is 2.69 bits per heavy atom. The maximum Gasteiger partial charge on any atom is 0.341 e. The minimum Gasteiger partial charge on any atom is -0.477 e. The Labute approximate surface area is 94.4 Å². The third kappa shape index (κ3) is 2.82. The van der Waals surface area contributed by atoms with E-state index in [1.54, 1.807) is 14.0 Å². The molecule has 5 nitrogen and oxygen atoms in total. The van der Waals surface area contributed by atoms with Gasteiger partial charge in [-0.05, 0) is 12.3 Å². The van der Waals surface area contributed by atoms with Crippen molar-refractivity contribution in [2.45, 2.75) is 27.2 Å². The third-order valence-electron chi connectivity index (χ3n) is 2.33. The molecule has 0 radical (unpaired) electrons. The van der Waals surface area contributed by atoms with E-state index in [4.69, 9.17) is 14.4 Å². The van der Waals surface area contributed by atoms with Crippen LogP contribution in [0.15, 0.2) is 4.52 Å². The van der Waals surface area contributed by atoms with E-state index in [0.29, 0.717) is 24.5 Å². The van der Waals surface area contributed by atoms with Crippen LogP contribution in [-0.4, -0.2) is 29.9 Å². The topological polar surface area (TPSA) is 72.6 Å². The molecule has 0 spiro atoms. The molecule has 0 fully saturated rings. The molecule has 0 amide bonds. The summed E-state index contributed by atoms with van der Waals surface area (Å²) in [5, 5.41) is 12.8. The second-order valence-corrected chi connectivity index (χ2v) is 4.64. The minimum absolute atomic E-state index is 0.164. The Morgan fingerprint density at radius 1 is 1.56 bits per heavy atom. The summed E-state index contributed by atoms with van der Waals surface area (Å²) in [6, 6.07) is 0. The van der Waals surface area contributed by atoms with Gasteiger partial charge < -0.3 is 14.4 Å². The second kappa shape index (κ2) is 4.65. The predicted molar refractivity (Wildman–Crippen MR) is 57.6 cm³/mol. The molecule has 1 N–H and O–H groups in total. The zero-order valence-corrected chi connectivity index (χ0v) is 10.0. The van der Waals surface area contributed by atoms with Crippen molar-refractivity contribution in [3.63, 3.8) is 0 Å². The van der Waals surface area contributed by atoms with E-state index in [-0.39, 0.29) is 11.0 Å². The summed E-state index contributed by atoms with van der Waals surface area (Å²) in [6.45, 7) is 6.12. The lowest BCUT2D eigenvalue weighted by Crippen LogP contribution is -2.22. The smallest absolute Gasteiger partial charge is 0.341 e. The van der Waals surface area contributed by atoms with Gasteiger partial charge in [0.15, 0.2) is 0 Å². The lowest BCUT2D eigenvalue weighted by atomic mass is 9.87. The molecule has 16 heavy (non-hydrogen) atoms. The number of aromatic carboxylic acids is 1. The average Bonchev–Trinajstić information content (AvgIpc) is 2.45. The van der Waals surface area contributed by atoms with Gasteiger partial charge in [-0.1, -0.05) is 19.0 Å². The van der Waals surface area contributed by atoms with Crippen LogP contribution in [-0.2, 0) is 11.2 Å². The maximum atomic E-state index is 11.0. The van der Waals surface area contributed by atoms with Crippen LogP contribution in [0.1, 0.15) is 35.7 Å². The highest BCUT2D eigenvalue weighted by Crippen LogP contribution is 2.25. The van der Waals surface area contributed by atoms with Gasteiger partial charge >= 0.3 is 5.97 Å². The standard InChI is InChI=1S/C11H17NO4/c1-7-9(10(13)14)8(12-16-7)5-11(2,3)6-15-4/h5-6H2,1-4H3,(H,13,14). The molecular formula is C11H17NO4. The fourth-order valence-electron chi connectivity index (χ4n) is 1.71. The van der Waals surface area contributed by atoms with Crippen molar-refractivity contribution < 1.29 is 19.2 Å². The molecule has 0 aliphatic rings. The summed E-state index contributed by atoms with van der Waals surface area (Å²) in [6.07, 6.45) is 0.514. The Bertz CT molecular complexity index is 381. The van der Waals surface area contributed by atoms with Crippen LogP contribution in [0.2, 0.25) is 0 Å². The van der Waals surface area contributed by atoms with Crippen molar-refractivity contribution in [1.82, 2.24) is 5.16 Å². The zero-order valence-electron chi connectivity index (χ0n) is 10.0. The number of carbonyl (C=O) groups is 1. The van der Waals surface area contributed by atoms with Crippen LogP contribution >= 0.6 is 0 Å². The van der Waals surface area contributed by atoms with Crippen molar-refractivity contribution in [1.29, 1.82) is 0 Å². The number of hydrogen-bond donors (Lipinski definition) is 1. The van der Waals surface area contributed by atoms with E-state index in [2.05, 4.69) is 5.16 Å². The second-order valence-electron chi connectivity index (χ2n) is 4.64. The molecule has 1 aromatic rings. The summed E-state index contributed by atoms with van der Waals surface area (Å²) in [5.41, 5.74) is 0.485. The summed E-state index contributed by atoms with van der Waals surface area (Å²) >= 11 is 0. The molecule has 0 saturated heterocycles. The lowest BCUT2D eigenvalue weighted by Gasteiger charge is -2.22. The van der Waals surface area contributed by atoms with Gasteiger partial charge in [0.05, 0.1) is 12.3 Å². The van der Waals surface area contributed by atoms with Crippen molar-refractivity contribution in [2.75, 3.05) is 13.7 Å². The molecule has 0 aliphatic heterocycles. The first kappa shape index (κ1) is 12.7. The molecule has 0 saturated carbocycles. The van der Waals surface area contributed by atoms with Crippen LogP contribution in [0.4, 0.5) is 0 Å². The highest BCUT2D eigenvalue weighted by molar-refractivity contribution is 5.89. The van der Waals surface area contributed by atoms with Crippen LogP contribution < -0.4 is 0 Å². The van der Waals surface area contributed by atoms with Crippen LogP contribution in [0.5, 0.6) is 0 Å². The van der Waals surface area contributed by atoms with Crippen LogP contribution in [0, 0.1) is 12.3 Å². The van der Waals surface area contributed by atoms with Crippen LogP contribution in [0.3, 0.4) is 0 Å². The van der Waals surface area contributed by atoms with Crippen molar-refractivity contribution in [2.24, 2.45) is 5.41 Å². The summed E-state index contributed by atoms with van der Waals surface area (Å²) in [4.78, 5) is 11.0. The Kier molecular flexibility index (Phi) is 3.70. The van der Waals surface area contributed by atoms with E-state index >= 15 is 0 Å². The van der Waals surface area contributed by atoms with E-state index in [9.17, 15) is 4.79 Å². The number of hydrogen-bond acceptors (Lipinski definition) is 4. The molecule has 0 bridgehead atoms. The van der Waals surface area contributed by atoms with Crippen molar-refractivity contribution in [3.05, 3.63) is 17.0 Å². The number of aromatic nitrogens is 1. The first-order valence-corrected chi connectivity index (χ1v) is 5.05. The molecule has 5 heteroatoms. The number of nitrogens with zero attached hydrogens (tertiary/aromatic N) is 1. The van der Waals surface area contributed by atoms with Gasteiger partial charge in [-0.2, -0.15) is 0 Å². The number of ether oxygens (including phenoxy) is 1. The van der Waals surface area contributed by atoms with Crippen molar-refractivity contribution in [3.8, 4) is 0 Å². The molecule has 1 rings (SSSR count). The number of carboxylic acids is 1. The minimum atomic E-state index is -0.998. The van der Waals surface area contributed by atoms with Gasteiger partial charge in [-0.25, -0.2) is 4.79 Å². The van der Waals surface area contributed by atoms with Gasteiger partial charge in [0, 0.05) is 13.5 Å². The van der Waals surface area contributed by atoms with E-state index in [1.807, 2.05) is 13.8 Å². The first-order valence-electron chi connectivity index (χ1n) is 5.05. The quantitative estimate of drug-likeness (QED) is 0.831. The predicted octanol–water partition coefficient (Wildman–Crippen LogP) is 1.90. The fourth-order valence-corrected chi connectivity index (χ4v) is 1.71. The van der Waals surface area contributed by atoms with Crippen molar-refractivity contribution >= 4 is 5.97 Å². The molecule has 1 heterocycles. The molecule has 0 aromatic carbocycles. The Balaban J connectivity index is 2.93. The SMILES string of the molecule is COCC(C)(C)Cc1noc(C)c1C(=O)O. The molecule has 0 unspecified atom stereocenters. The molecule has 0 aliphatic carbocycles. The largest absolute Gasteiger partial charge is 0.477 e. The number of aryl methyl sites for hydroxylation is 1. The number of methoxy groups -OCH3 is 1. The summed E-state index contributed by atoms with van der Waals surface area (Å²) < 4.78 is 9.99. The van der Waals surface area contributed by atoms with Gasteiger partial charge in [0.1, 0.15) is 11.3 Å². The monoisotopic (exact) mass is 227 g/mol. The van der Waals surface area contributed by atoms with E-state index in [1.165, 1.54) is 0 Å². The lowest BCUT2D eigenvalue weighted by molar-refractivity contribution is 0.0691. The molecular weight excluding hydrogens is 210 g/mol. The summed E-state index contributed by atoms with van der Waals surface area (Å²) in [7, 11) is 1.62. The fraction of sp³-hybridized carbons (Fsp3) is 0.636.